The number of carbonyl (C=O) groups excluding carboxylic acids is 2. The summed E-state index contributed by atoms with van der Waals surface area (Å²) in [5.41, 5.74) is 2.75. The average molecular weight is 441 g/mol. The summed E-state index contributed by atoms with van der Waals surface area (Å²) in [5.74, 6) is -0.0929. The zero-order valence-electron chi connectivity index (χ0n) is 19.2. The van der Waals surface area contributed by atoms with Crippen molar-refractivity contribution >= 4 is 11.8 Å². The zero-order valence-corrected chi connectivity index (χ0v) is 19.2. The molecule has 172 valence electrons. The van der Waals surface area contributed by atoms with E-state index in [1.165, 1.54) is 12.1 Å². The first-order valence-electron chi connectivity index (χ1n) is 11.4. The molecule has 1 aliphatic rings. The van der Waals surface area contributed by atoms with Crippen molar-refractivity contribution < 1.29 is 18.7 Å². The third-order valence-corrected chi connectivity index (χ3v) is 6.05. The molecule has 0 unspecified atom stereocenters. The molecule has 2 amide bonds. The number of ether oxygens (including phenoxy) is 1. The van der Waals surface area contributed by atoms with E-state index < -0.39 is 6.04 Å². The second kappa shape index (κ2) is 11.1. The molecule has 2 aromatic rings. The molecule has 1 aliphatic carbocycles. The molecule has 0 radical (unpaired) electrons. The Bertz CT molecular complexity index is 923. The van der Waals surface area contributed by atoms with Crippen molar-refractivity contribution in [3.63, 3.8) is 0 Å². The zero-order chi connectivity index (χ0) is 23.1. The number of amides is 2. The lowest BCUT2D eigenvalue weighted by Crippen LogP contribution is -2.52. The van der Waals surface area contributed by atoms with E-state index in [4.69, 9.17) is 4.74 Å². The van der Waals surface area contributed by atoms with Crippen LogP contribution in [0.4, 0.5) is 4.39 Å². The Morgan fingerprint density at radius 3 is 2.47 bits per heavy atom. The van der Waals surface area contributed by atoms with E-state index in [0.717, 1.165) is 42.4 Å². The minimum absolute atomic E-state index is 0.137. The third kappa shape index (κ3) is 6.31. The molecule has 1 saturated carbocycles. The van der Waals surface area contributed by atoms with Crippen LogP contribution in [0.1, 0.15) is 55.7 Å². The first kappa shape index (κ1) is 23.8. The SMILES string of the molecule is CC[C@@H](C(=O)NC1CCCC1)N(Cc1ccc(F)cc1)C(=O)COc1cc(C)ccc1C. The number of hydrogen-bond acceptors (Lipinski definition) is 3. The van der Waals surface area contributed by atoms with Crippen molar-refractivity contribution in [2.75, 3.05) is 6.61 Å². The molecule has 6 heteroatoms. The van der Waals surface area contributed by atoms with Gasteiger partial charge in [0.05, 0.1) is 0 Å². The van der Waals surface area contributed by atoms with Gasteiger partial charge in [-0.2, -0.15) is 0 Å². The van der Waals surface area contributed by atoms with Gasteiger partial charge in [0.1, 0.15) is 17.6 Å². The summed E-state index contributed by atoms with van der Waals surface area (Å²) in [6.07, 6.45) is 4.66. The molecular formula is C26H33FN2O3. The Morgan fingerprint density at radius 1 is 1.12 bits per heavy atom. The van der Waals surface area contributed by atoms with Gasteiger partial charge < -0.3 is 15.0 Å². The van der Waals surface area contributed by atoms with Gasteiger partial charge in [0.2, 0.25) is 5.91 Å². The number of halogens is 1. The predicted octanol–water partition coefficient (Wildman–Crippen LogP) is 4.69. The number of nitrogens with zero attached hydrogens (tertiary/aromatic N) is 1. The molecule has 0 saturated heterocycles. The van der Waals surface area contributed by atoms with Crippen LogP contribution in [0.15, 0.2) is 42.5 Å². The summed E-state index contributed by atoms with van der Waals surface area (Å²) < 4.78 is 19.2. The molecule has 0 aliphatic heterocycles. The van der Waals surface area contributed by atoms with Gasteiger partial charge in [0.15, 0.2) is 6.61 Å². The van der Waals surface area contributed by atoms with Gasteiger partial charge in [-0.05, 0) is 68.0 Å². The largest absolute Gasteiger partial charge is 0.483 e. The lowest BCUT2D eigenvalue weighted by molar-refractivity contribution is -0.143. The summed E-state index contributed by atoms with van der Waals surface area (Å²) in [6, 6.07) is 11.4. The van der Waals surface area contributed by atoms with Crippen molar-refractivity contribution in [3.05, 3.63) is 65.0 Å². The second-order valence-electron chi connectivity index (χ2n) is 8.62. The maximum atomic E-state index is 13.4. The third-order valence-electron chi connectivity index (χ3n) is 6.05. The predicted molar refractivity (Wildman–Crippen MR) is 123 cm³/mol. The van der Waals surface area contributed by atoms with Gasteiger partial charge in [-0.25, -0.2) is 4.39 Å². The number of carbonyl (C=O) groups is 2. The summed E-state index contributed by atoms with van der Waals surface area (Å²) in [4.78, 5) is 27.9. The van der Waals surface area contributed by atoms with Crippen molar-refractivity contribution in [3.8, 4) is 5.75 Å². The summed E-state index contributed by atoms with van der Waals surface area (Å²) in [6.45, 7) is 5.84. The van der Waals surface area contributed by atoms with Crippen LogP contribution in [0.2, 0.25) is 0 Å². The molecule has 2 aromatic carbocycles. The molecular weight excluding hydrogens is 407 g/mol. The lowest BCUT2D eigenvalue weighted by atomic mass is 10.1. The van der Waals surface area contributed by atoms with E-state index in [-0.39, 0.29) is 36.8 Å². The Kier molecular flexibility index (Phi) is 8.26. The highest BCUT2D eigenvalue weighted by molar-refractivity contribution is 5.88. The van der Waals surface area contributed by atoms with Crippen LogP contribution in [-0.2, 0) is 16.1 Å². The smallest absolute Gasteiger partial charge is 0.261 e. The van der Waals surface area contributed by atoms with Gasteiger partial charge in [-0.15, -0.1) is 0 Å². The Hall–Kier alpha value is -2.89. The van der Waals surface area contributed by atoms with Gasteiger partial charge in [0.25, 0.3) is 5.91 Å². The van der Waals surface area contributed by atoms with E-state index in [1.54, 1.807) is 17.0 Å². The summed E-state index contributed by atoms with van der Waals surface area (Å²) in [5, 5.41) is 3.12. The number of hydrogen-bond donors (Lipinski definition) is 1. The molecule has 0 spiro atoms. The second-order valence-corrected chi connectivity index (χ2v) is 8.62. The fourth-order valence-electron chi connectivity index (χ4n) is 4.16. The highest BCUT2D eigenvalue weighted by atomic mass is 19.1. The van der Waals surface area contributed by atoms with Gasteiger partial charge in [-0.1, -0.05) is 44.0 Å². The molecule has 1 atom stereocenters. The molecule has 5 nitrogen and oxygen atoms in total. The Morgan fingerprint density at radius 2 is 1.81 bits per heavy atom. The summed E-state index contributed by atoms with van der Waals surface area (Å²) >= 11 is 0. The maximum absolute atomic E-state index is 13.4. The van der Waals surface area contributed by atoms with Gasteiger partial charge in [-0.3, -0.25) is 9.59 Å². The maximum Gasteiger partial charge on any atom is 0.261 e. The Balaban J connectivity index is 1.77. The van der Waals surface area contributed by atoms with Crippen LogP contribution in [0.25, 0.3) is 0 Å². The van der Waals surface area contributed by atoms with E-state index in [2.05, 4.69) is 5.32 Å². The first-order chi connectivity index (χ1) is 15.4. The quantitative estimate of drug-likeness (QED) is 0.616. The van der Waals surface area contributed by atoms with Gasteiger partial charge in [0, 0.05) is 12.6 Å². The molecule has 3 rings (SSSR count). The molecule has 0 heterocycles. The van der Waals surface area contributed by atoms with Crippen LogP contribution in [0.5, 0.6) is 5.75 Å². The lowest BCUT2D eigenvalue weighted by Gasteiger charge is -2.31. The standard InChI is InChI=1S/C26H33FN2O3/c1-4-23(26(31)28-22-7-5-6-8-22)29(16-20-11-13-21(27)14-12-20)25(30)17-32-24-15-18(2)9-10-19(24)3/h9-15,22-23H,4-8,16-17H2,1-3H3,(H,28,31)/t23-/m0/s1. The van der Waals surface area contributed by atoms with Crippen molar-refractivity contribution in [1.82, 2.24) is 10.2 Å². The number of benzene rings is 2. The minimum Gasteiger partial charge on any atom is -0.483 e. The molecule has 1 fully saturated rings. The monoisotopic (exact) mass is 440 g/mol. The van der Waals surface area contributed by atoms with Crippen molar-refractivity contribution in [1.29, 1.82) is 0 Å². The number of aryl methyl sites for hydroxylation is 2. The normalized spacial score (nSPS) is 14.8. The van der Waals surface area contributed by atoms with E-state index in [9.17, 15) is 14.0 Å². The van der Waals surface area contributed by atoms with Crippen LogP contribution < -0.4 is 10.1 Å². The highest BCUT2D eigenvalue weighted by Crippen LogP contribution is 2.21. The number of rotatable bonds is 9. The minimum atomic E-state index is -0.615. The number of nitrogens with one attached hydrogen (secondary N) is 1. The van der Waals surface area contributed by atoms with E-state index in [1.807, 2.05) is 39.0 Å². The Labute approximate surface area is 190 Å². The fraction of sp³-hybridized carbons (Fsp3) is 0.462. The van der Waals surface area contributed by atoms with Gasteiger partial charge >= 0.3 is 0 Å². The fourth-order valence-corrected chi connectivity index (χ4v) is 4.16. The van der Waals surface area contributed by atoms with Crippen LogP contribution >= 0.6 is 0 Å². The van der Waals surface area contributed by atoms with E-state index in [0.29, 0.717) is 12.2 Å². The molecule has 1 N–H and O–H groups in total. The van der Waals surface area contributed by atoms with Crippen molar-refractivity contribution in [2.24, 2.45) is 0 Å². The first-order valence-corrected chi connectivity index (χ1v) is 11.4. The van der Waals surface area contributed by atoms with Crippen LogP contribution in [0, 0.1) is 19.7 Å². The van der Waals surface area contributed by atoms with Crippen molar-refractivity contribution in [2.45, 2.75) is 71.5 Å². The highest BCUT2D eigenvalue weighted by Gasteiger charge is 2.31. The van der Waals surface area contributed by atoms with Crippen LogP contribution in [-0.4, -0.2) is 35.4 Å². The topological polar surface area (TPSA) is 58.6 Å². The average Bonchev–Trinajstić information content (AvgIpc) is 3.28. The van der Waals surface area contributed by atoms with Crippen LogP contribution in [0.3, 0.4) is 0 Å². The van der Waals surface area contributed by atoms with E-state index >= 15 is 0 Å². The molecule has 0 aromatic heterocycles. The molecule has 0 bridgehead atoms. The summed E-state index contributed by atoms with van der Waals surface area (Å²) in [7, 11) is 0. The molecule has 32 heavy (non-hydrogen) atoms.